The van der Waals surface area contributed by atoms with E-state index >= 15 is 0 Å². The van der Waals surface area contributed by atoms with Gasteiger partial charge in [-0.15, -0.1) is 0 Å². The Hall–Kier alpha value is -1.53. The summed E-state index contributed by atoms with van der Waals surface area (Å²) in [6, 6.07) is 4.21. The molecule has 0 bridgehead atoms. The van der Waals surface area contributed by atoms with Crippen molar-refractivity contribution in [2.75, 3.05) is 19.6 Å². The minimum absolute atomic E-state index is 0.0160. The summed E-state index contributed by atoms with van der Waals surface area (Å²) in [5.41, 5.74) is 6.50. The van der Waals surface area contributed by atoms with Crippen LogP contribution in [0.1, 0.15) is 44.6 Å². The standard InChI is InChI=1S/C20H29F2N3O/c1-2-5-19-16(12-23-24-19)20(26)25-11-4-6-14(13-25)9-10-15-17(21)7-3-8-18(15)22/h3,7-8,14,16,19,23-24H,2,4-6,9-13H2,1H3. The predicted octanol–water partition coefficient (Wildman–Crippen LogP) is 3.03. The van der Waals surface area contributed by atoms with Gasteiger partial charge in [-0.25, -0.2) is 8.78 Å². The zero-order valence-electron chi connectivity index (χ0n) is 15.4. The number of carbonyl (C=O) groups is 1. The Labute approximate surface area is 154 Å². The molecule has 1 aromatic rings. The van der Waals surface area contributed by atoms with Crippen LogP contribution in [-0.4, -0.2) is 36.5 Å². The minimum Gasteiger partial charge on any atom is -0.342 e. The molecular weight excluding hydrogens is 336 g/mol. The van der Waals surface area contributed by atoms with E-state index in [-0.39, 0.29) is 23.4 Å². The molecular formula is C20H29F2N3O. The Bertz CT molecular complexity index is 605. The largest absolute Gasteiger partial charge is 0.342 e. The maximum absolute atomic E-state index is 13.8. The number of hydrogen-bond donors (Lipinski definition) is 2. The molecule has 2 fully saturated rings. The van der Waals surface area contributed by atoms with Crippen LogP contribution in [0.25, 0.3) is 0 Å². The van der Waals surface area contributed by atoms with E-state index in [4.69, 9.17) is 0 Å². The molecule has 2 saturated heterocycles. The Morgan fingerprint density at radius 1 is 1.27 bits per heavy atom. The fourth-order valence-electron chi connectivity index (χ4n) is 4.24. The van der Waals surface area contributed by atoms with Crippen molar-refractivity contribution in [2.24, 2.45) is 11.8 Å². The zero-order chi connectivity index (χ0) is 18.5. The van der Waals surface area contributed by atoms with Gasteiger partial charge in [-0.05, 0) is 50.2 Å². The summed E-state index contributed by atoms with van der Waals surface area (Å²) >= 11 is 0. The van der Waals surface area contributed by atoms with Crippen molar-refractivity contribution in [1.29, 1.82) is 0 Å². The SMILES string of the molecule is CCCC1NNCC1C(=O)N1CCCC(CCc2c(F)cccc2F)C1. The molecule has 2 N–H and O–H groups in total. The zero-order valence-corrected chi connectivity index (χ0v) is 15.4. The first-order chi connectivity index (χ1) is 12.6. The highest BCUT2D eigenvalue weighted by Gasteiger charge is 2.36. The summed E-state index contributed by atoms with van der Waals surface area (Å²) in [7, 11) is 0. The van der Waals surface area contributed by atoms with Crippen molar-refractivity contribution in [3.8, 4) is 0 Å². The number of piperidine rings is 1. The summed E-state index contributed by atoms with van der Waals surface area (Å²) in [5.74, 6) is -0.447. The van der Waals surface area contributed by atoms with Gasteiger partial charge in [0.15, 0.2) is 0 Å². The van der Waals surface area contributed by atoms with E-state index in [1.807, 2.05) is 4.90 Å². The number of likely N-dealkylation sites (tertiary alicyclic amines) is 1. The number of nitrogens with zero attached hydrogens (tertiary/aromatic N) is 1. The summed E-state index contributed by atoms with van der Waals surface area (Å²) in [6.45, 7) is 4.29. The van der Waals surface area contributed by atoms with E-state index < -0.39 is 11.6 Å². The van der Waals surface area contributed by atoms with E-state index in [9.17, 15) is 13.6 Å². The number of hydrazine groups is 1. The van der Waals surface area contributed by atoms with Gasteiger partial charge in [0.05, 0.1) is 5.92 Å². The van der Waals surface area contributed by atoms with E-state index in [2.05, 4.69) is 17.8 Å². The molecule has 0 saturated carbocycles. The molecule has 0 radical (unpaired) electrons. The Morgan fingerprint density at radius 3 is 2.77 bits per heavy atom. The second-order valence-electron chi connectivity index (χ2n) is 7.56. The first-order valence-electron chi connectivity index (χ1n) is 9.80. The molecule has 6 heteroatoms. The van der Waals surface area contributed by atoms with Crippen LogP contribution in [0.5, 0.6) is 0 Å². The fraction of sp³-hybridized carbons (Fsp3) is 0.650. The second-order valence-corrected chi connectivity index (χ2v) is 7.56. The first kappa shape index (κ1) is 19.2. The van der Waals surface area contributed by atoms with Crippen molar-refractivity contribution in [2.45, 2.75) is 51.5 Å². The van der Waals surface area contributed by atoms with Gasteiger partial charge < -0.3 is 4.90 Å². The van der Waals surface area contributed by atoms with Crippen molar-refractivity contribution in [1.82, 2.24) is 15.8 Å². The summed E-state index contributed by atoms with van der Waals surface area (Å²) in [6.07, 6.45) is 5.09. The summed E-state index contributed by atoms with van der Waals surface area (Å²) < 4.78 is 27.6. The quantitative estimate of drug-likeness (QED) is 0.814. The van der Waals surface area contributed by atoms with E-state index in [0.29, 0.717) is 31.8 Å². The third-order valence-corrected chi connectivity index (χ3v) is 5.71. The molecule has 2 aliphatic rings. The number of rotatable bonds is 6. The van der Waals surface area contributed by atoms with Crippen molar-refractivity contribution < 1.29 is 13.6 Å². The van der Waals surface area contributed by atoms with Crippen LogP contribution in [0.15, 0.2) is 18.2 Å². The van der Waals surface area contributed by atoms with Gasteiger partial charge >= 0.3 is 0 Å². The molecule has 26 heavy (non-hydrogen) atoms. The lowest BCUT2D eigenvalue weighted by Gasteiger charge is -2.35. The van der Waals surface area contributed by atoms with E-state index in [0.717, 1.165) is 32.2 Å². The maximum atomic E-state index is 13.8. The fourth-order valence-corrected chi connectivity index (χ4v) is 4.24. The molecule has 1 aromatic carbocycles. The van der Waals surface area contributed by atoms with Crippen LogP contribution in [-0.2, 0) is 11.2 Å². The third-order valence-electron chi connectivity index (χ3n) is 5.71. The minimum atomic E-state index is -0.473. The molecule has 3 atom stereocenters. The van der Waals surface area contributed by atoms with E-state index in [1.54, 1.807) is 0 Å². The Morgan fingerprint density at radius 2 is 2.04 bits per heavy atom. The highest BCUT2D eigenvalue weighted by molar-refractivity contribution is 5.80. The molecule has 3 rings (SSSR count). The molecule has 1 amide bonds. The maximum Gasteiger partial charge on any atom is 0.228 e. The van der Waals surface area contributed by atoms with Crippen molar-refractivity contribution in [3.63, 3.8) is 0 Å². The van der Waals surface area contributed by atoms with Crippen LogP contribution in [0.3, 0.4) is 0 Å². The molecule has 0 spiro atoms. The highest BCUT2D eigenvalue weighted by atomic mass is 19.1. The second kappa shape index (κ2) is 8.91. The van der Waals surface area contributed by atoms with Crippen LogP contribution >= 0.6 is 0 Å². The molecule has 3 unspecified atom stereocenters. The van der Waals surface area contributed by atoms with Gasteiger partial charge in [0, 0.05) is 31.2 Å². The van der Waals surface area contributed by atoms with Crippen LogP contribution in [0.2, 0.25) is 0 Å². The third kappa shape index (κ3) is 4.41. The Balaban J connectivity index is 1.56. The van der Waals surface area contributed by atoms with Crippen LogP contribution in [0, 0.1) is 23.5 Å². The first-order valence-corrected chi connectivity index (χ1v) is 9.80. The van der Waals surface area contributed by atoms with E-state index in [1.165, 1.54) is 18.2 Å². The lowest BCUT2D eigenvalue weighted by molar-refractivity contribution is -0.137. The molecule has 4 nitrogen and oxygen atoms in total. The van der Waals surface area contributed by atoms with Gasteiger partial charge in [-0.1, -0.05) is 19.4 Å². The average molecular weight is 365 g/mol. The van der Waals surface area contributed by atoms with Gasteiger partial charge in [0.2, 0.25) is 5.91 Å². The normalized spacial score (nSPS) is 26.3. The van der Waals surface area contributed by atoms with Crippen LogP contribution in [0.4, 0.5) is 8.78 Å². The van der Waals surface area contributed by atoms with Crippen molar-refractivity contribution >= 4 is 5.91 Å². The number of carbonyl (C=O) groups excluding carboxylic acids is 1. The summed E-state index contributed by atoms with van der Waals surface area (Å²) in [5, 5.41) is 0. The number of hydrogen-bond acceptors (Lipinski definition) is 3. The number of halogens is 2. The van der Waals surface area contributed by atoms with Gasteiger partial charge in [-0.3, -0.25) is 15.6 Å². The average Bonchev–Trinajstić information content (AvgIpc) is 3.09. The highest BCUT2D eigenvalue weighted by Crippen LogP contribution is 2.26. The molecule has 0 aliphatic carbocycles. The van der Waals surface area contributed by atoms with Crippen molar-refractivity contribution in [3.05, 3.63) is 35.4 Å². The monoisotopic (exact) mass is 365 g/mol. The van der Waals surface area contributed by atoms with Gasteiger partial charge in [0.1, 0.15) is 11.6 Å². The van der Waals surface area contributed by atoms with Gasteiger partial charge in [0.25, 0.3) is 0 Å². The van der Waals surface area contributed by atoms with Gasteiger partial charge in [-0.2, -0.15) is 0 Å². The number of nitrogens with one attached hydrogen (secondary N) is 2. The molecule has 2 aliphatic heterocycles. The smallest absolute Gasteiger partial charge is 0.228 e. The molecule has 2 heterocycles. The molecule has 0 aromatic heterocycles. The Kier molecular flexibility index (Phi) is 6.59. The number of benzene rings is 1. The predicted molar refractivity (Wildman–Crippen MR) is 97.3 cm³/mol. The molecule has 144 valence electrons. The summed E-state index contributed by atoms with van der Waals surface area (Å²) in [4.78, 5) is 14.9. The topological polar surface area (TPSA) is 44.4 Å². The number of amides is 1. The lowest BCUT2D eigenvalue weighted by Crippen LogP contribution is -2.46. The lowest BCUT2D eigenvalue weighted by atomic mass is 9.89. The van der Waals surface area contributed by atoms with Crippen LogP contribution < -0.4 is 10.9 Å².